The van der Waals surface area contributed by atoms with Crippen LogP contribution in [0.1, 0.15) is 27.0 Å². The van der Waals surface area contributed by atoms with Crippen molar-refractivity contribution in [1.29, 1.82) is 0 Å². The van der Waals surface area contributed by atoms with E-state index in [1.54, 1.807) is 15.6 Å². The lowest BCUT2D eigenvalue weighted by atomic mass is 9.99. The van der Waals surface area contributed by atoms with Crippen molar-refractivity contribution in [1.82, 2.24) is 24.4 Å². The first kappa shape index (κ1) is 18.7. The fourth-order valence-corrected chi connectivity index (χ4v) is 4.16. The van der Waals surface area contributed by atoms with Gasteiger partial charge in [-0.25, -0.2) is 9.50 Å². The lowest BCUT2D eigenvalue weighted by molar-refractivity contribution is -0.149. The van der Waals surface area contributed by atoms with E-state index in [2.05, 4.69) is 22.2 Å². The van der Waals surface area contributed by atoms with Crippen LogP contribution in [0.15, 0.2) is 42.9 Å². The Kier molecular flexibility index (Phi) is 4.71. The minimum absolute atomic E-state index is 0.0596. The summed E-state index contributed by atoms with van der Waals surface area (Å²) in [5, 5.41) is 4.24. The van der Waals surface area contributed by atoms with E-state index < -0.39 is 6.10 Å². The number of ether oxygens (including phenoxy) is 1. The highest BCUT2D eigenvalue weighted by molar-refractivity contribution is 6.00. The van der Waals surface area contributed by atoms with Crippen LogP contribution in [0.4, 0.5) is 0 Å². The summed E-state index contributed by atoms with van der Waals surface area (Å²) in [6.07, 6.45) is 5.28. The summed E-state index contributed by atoms with van der Waals surface area (Å²) in [4.78, 5) is 34.1. The molecule has 1 atom stereocenters. The van der Waals surface area contributed by atoms with Crippen LogP contribution in [-0.4, -0.2) is 68.6 Å². The molecule has 2 aliphatic rings. The molecular weight excluding hydrogens is 382 g/mol. The van der Waals surface area contributed by atoms with Crippen LogP contribution >= 0.6 is 0 Å². The third kappa shape index (κ3) is 3.33. The molecule has 1 fully saturated rings. The van der Waals surface area contributed by atoms with Crippen LogP contribution < -0.4 is 0 Å². The molecule has 0 N–H and O–H groups in total. The number of aryl methyl sites for hydroxylation is 1. The van der Waals surface area contributed by atoms with Crippen LogP contribution in [0.5, 0.6) is 0 Å². The molecule has 0 unspecified atom stereocenters. The second-order valence-electron chi connectivity index (χ2n) is 7.85. The second kappa shape index (κ2) is 7.53. The van der Waals surface area contributed by atoms with E-state index in [9.17, 15) is 9.59 Å². The fourth-order valence-electron chi connectivity index (χ4n) is 4.16. The summed E-state index contributed by atoms with van der Waals surface area (Å²) in [6.45, 7) is 4.18. The van der Waals surface area contributed by atoms with Crippen LogP contribution in [-0.2, 0) is 22.5 Å². The third-order valence-corrected chi connectivity index (χ3v) is 5.79. The van der Waals surface area contributed by atoms with Crippen LogP contribution in [0, 0.1) is 6.92 Å². The van der Waals surface area contributed by atoms with Gasteiger partial charge in [0.25, 0.3) is 11.8 Å². The zero-order chi connectivity index (χ0) is 20.7. The number of amides is 2. The average molecular weight is 405 g/mol. The molecule has 5 rings (SSSR count). The summed E-state index contributed by atoms with van der Waals surface area (Å²) < 4.78 is 7.37. The number of rotatable bonds is 2. The van der Waals surface area contributed by atoms with Crippen LogP contribution in [0.25, 0.3) is 5.65 Å². The maximum atomic E-state index is 13.1. The van der Waals surface area contributed by atoms with Gasteiger partial charge in [0.15, 0.2) is 11.8 Å². The summed E-state index contributed by atoms with van der Waals surface area (Å²) in [5.74, 6) is -0.234. The van der Waals surface area contributed by atoms with Crippen molar-refractivity contribution in [3.8, 4) is 0 Å². The van der Waals surface area contributed by atoms with E-state index in [1.165, 1.54) is 17.3 Å². The molecule has 0 aliphatic carbocycles. The van der Waals surface area contributed by atoms with Crippen molar-refractivity contribution >= 4 is 17.5 Å². The molecule has 1 saturated heterocycles. The van der Waals surface area contributed by atoms with Crippen LogP contribution in [0.2, 0.25) is 0 Å². The SMILES string of the molecule is Cc1cnc2c(C(=O)N3CCO[C@H](C(=O)N4CCc5ccccc5C4)C3)cnn2c1. The normalized spacial score (nSPS) is 19.0. The van der Waals surface area contributed by atoms with Crippen molar-refractivity contribution in [2.75, 3.05) is 26.2 Å². The van der Waals surface area contributed by atoms with Crippen molar-refractivity contribution in [2.24, 2.45) is 0 Å². The molecule has 8 nitrogen and oxygen atoms in total. The number of carbonyl (C=O) groups excluding carboxylic acids is 2. The number of fused-ring (bicyclic) bond motifs is 2. The lowest BCUT2D eigenvalue weighted by Crippen LogP contribution is -2.53. The Morgan fingerprint density at radius 1 is 1.10 bits per heavy atom. The number of hydrogen-bond acceptors (Lipinski definition) is 5. The predicted octanol–water partition coefficient (Wildman–Crippen LogP) is 1.46. The molecule has 2 aromatic heterocycles. The maximum absolute atomic E-state index is 13.1. The van der Waals surface area contributed by atoms with Gasteiger partial charge in [-0.15, -0.1) is 0 Å². The van der Waals surface area contributed by atoms with Gasteiger partial charge in [0.2, 0.25) is 0 Å². The fraction of sp³-hybridized carbons (Fsp3) is 0.364. The first-order chi connectivity index (χ1) is 14.6. The Bertz CT molecular complexity index is 1120. The van der Waals surface area contributed by atoms with Gasteiger partial charge in [-0.1, -0.05) is 24.3 Å². The first-order valence-electron chi connectivity index (χ1n) is 10.2. The van der Waals surface area contributed by atoms with Gasteiger partial charge >= 0.3 is 0 Å². The van der Waals surface area contributed by atoms with Crippen molar-refractivity contribution in [3.05, 3.63) is 65.1 Å². The van der Waals surface area contributed by atoms with Gasteiger partial charge in [0.1, 0.15) is 5.56 Å². The minimum atomic E-state index is -0.648. The van der Waals surface area contributed by atoms with E-state index in [-0.39, 0.29) is 18.4 Å². The van der Waals surface area contributed by atoms with E-state index in [0.29, 0.717) is 37.5 Å². The van der Waals surface area contributed by atoms with E-state index >= 15 is 0 Å². The maximum Gasteiger partial charge on any atom is 0.259 e. The number of nitrogens with zero attached hydrogens (tertiary/aromatic N) is 5. The van der Waals surface area contributed by atoms with Gasteiger partial charge in [0.05, 0.1) is 19.3 Å². The molecular formula is C22H23N5O3. The van der Waals surface area contributed by atoms with Crippen molar-refractivity contribution in [2.45, 2.75) is 26.0 Å². The molecule has 3 aromatic rings. The molecule has 4 heterocycles. The van der Waals surface area contributed by atoms with Crippen molar-refractivity contribution < 1.29 is 14.3 Å². The quantitative estimate of drug-likeness (QED) is 0.645. The molecule has 0 bridgehead atoms. The number of morpholine rings is 1. The molecule has 8 heteroatoms. The van der Waals surface area contributed by atoms with Crippen LogP contribution in [0.3, 0.4) is 0 Å². The van der Waals surface area contributed by atoms with Gasteiger partial charge in [-0.05, 0) is 30.0 Å². The molecule has 1 aromatic carbocycles. The Hall–Kier alpha value is -3.26. The molecule has 2 aliphatic heterocycles. The standard InChI is InChI=1S/C22H23N5O3/c1-15-10-23-20-18(11-24-27(20)12-15)21(28)26-8-9-30-19(14-26)22(29)25-7-6-16-4-2-3-5-17(16)13-25/h2-5,10-12,19H,6-9,13-14H2,1H3/t19-/m0/s1. The molecule has 30 heavy (non-hydrogen) atoms. The Labute approximate surface area is 174 Å². The summed E-state index contributed by atoms with van der Waals surface area (Å²) in [5.41, 5.74) is 4.39. The molecule has 2 amide bonds. The number of benzene rings is 1. The summed E-state index contributed by atoms with van der Waals surface area (Å²) >= 11 is 0. The van der Waals surface area contributed by atoms with Gasteiger partial charge in [0, 0.05) is 32.0 Å². The first-order valence-corrected chi connectivity index (χ1v) is 10.2. The van der Waals surface area contributed by atoms with E-state index in [1.807, 2.05) is 30.2 Å². The molecule has 0 radical (unpaired) electrons. The van der Waals surface area contributed by atoms with Crippen molar-refractivity contribution in [3.63, 3.8) is 0 Å². The third-order valence-electron chi connectivity index (χ3n) is 5.79. The molecule has 0 saturated carbocycles. The summed E-state index contributed by atoms with van der Waals surface area (Å²) in [7, 11) is 0. The van der Waals surface area contributed by atoms with Gasteiger partial charge < -0.3 is 14.5 Å². The predicted molar refractivity (Wildman–Crippen MR) is 109 cm³/mol. The van der Waals surface area contributed by atoms with Gasteiger partial charge in [-0.2, -0.15) is 5.10 Å². The summed E-state index contributed by atoms with van der Waals surface area (Å²) in [6, 6.07) is 8.20. The largest absolute Gasteiger partial charge is 0.365 e. The van der Waals surface area contributed by atoms with E-state index in [4.69, 9.17) is 4.74 Å². The highest BCUT2D eigenvalue weighted by Gasteiger charge is 2.34. The highest BCUT2D eigenvalue weighted by atomic mass is 16.5. The topological polar surface area (TPSA) is 80.0 Å². The van der Waals surface area contributed by atoms with E-state index in [0.717, 1.165) is 12.0 Å². The zero-order valence-electron chi connectivity index (χ0n) is 16.8. The molecule has 154 valence electrons. The minimum Gasteiger partial charge on any atom is -0.365 e. The number of aromatic nitrogens is 3. The Morgan fingerprint density at radius 3 is 2.80 bits per heavy atom. The second-order valence-corrected chi connectivity index (χ2v) is 7.85. The Balaban J connectivity index is 1.31. The monoisotopic (exact) mass is 405 g/mol. The lowest BCUT2D eigenvalue weighted by Gasteiger charge is -2.36. The zero-order valence-corrected chi connectivity index (χ0v) is 16.8. The number of hydrogen-bond donors (Lipinski definition) is 0. The molecule has 0 spiro atoms. The smallest absolute Gasteiger partial charge is 0.259 e. The highest BCUT2D eigenvalue weighted by Crippen LogP contribution is 2.21. The van der Waals surface area contributed by atoms with Gasteiger partial charge in [-0.3, -0.25) is 9.59 Å². The Morgan fingerprint density at radius 2 is 1.93 bits per heavy atom. The average Bonchev–Trinajstić information content (AvgIpc) is 3.20. The number of carbonyl (C=O) groups is 2.